The third kappa shape index (κ3) is 5.19. The van der Waals surface area contributed by atoms with Gasteiger partial charge in [-0.25, -0.2) is 4.98 Å². The molecule has 1 N–H and O–H groups in total. The lowest BCUT2D eigenvalue weighted by Gasteiger charge is -2.30. The van der Waals surface area contributed by atoms with E-state index in [1.165, 1.54) is 6.42 Å². The Morgan fingerprint density at radius 3 is 2.72 bits per heavy atom. The fourth-order valence-corrected chi connectivity index (χ4v) is 2.24. The number of imidazole rings is 1. The molecule has 0 aliphatic carbocycles. The van der Waals surface area contributed by atoms with Gasteiger partial charge in [0, 0.05) is 32.5 Å². The van der Waals surface area contributed by atoms with Crippen LogP contribution in [0.3, 0.4) is 0 Å². The molecule has 0 atom stereocenters. The zero-order valence-corrected chi connectivity index (χ0v) is 12.5. The van der Waals surface area contributed by atoms with Gasteiger partial charge in [-0.3, -0.25) is 4.90 Å². The SMILES string of the molecule is CCCNCC(C)(C)CN(C)Cc1nccn1C. The Kier molecular flexibility index (Phi) is 5.82. The van der Waals surface area contributed by atoms with E-state index in [0.717, 1.165) is 32.0 Å². The van der Waals surface area contributed by atoms with E-state index in [2.05, 4.69) is 47.6 Å². The predicted octanol–water partition coefficient (Wildman–Crippen LogP) is 1.88. The first kappa shape index (κ1) is 15.2. The summed E-state index contributed by atoms with van der Waals surface area (Å²) in [6.45, 7) is 11.0. The molecule has 0 radical (unpaired) electrons. The molecule has 0 bridgehead atoms. The summed E-state index contributed by atoms with van der Waals surface area (Å²) in [5.41, 5.74) is 0.287. The van der Waals surface area contributed by atoms with Crippen molar-refractivity contribution in [2.45, 2.75) is 33.7 Å². The summed E-state index contributed by atoms with van der Waals surface area (Å²) in [4.78, 5) is 6.71. The van der Waals surface area contributed by atoms with Gasteiger partial charge in [-0.05, 0) is 25.4 Å². The van der Waals surface area contributed by atoms with E-state index in [4.69, 9.17) is 0 Å². The Morgan fingerprint density at radius 2 is 2.17 bits per heavy atom. The van der Waals surface area contributed by atoms with Crippen molar-refractivity contribution >= 4 is 0 Å². The number of hydrogen-bond acceptors (Lipinski definition) is 3. The molecule has 1 aromatic rings. The van der Waals surface area contributed by atoms with Gasteiger partial charge in [0.25, 0.3) is 0 Å². The molecule has 4 heteroatoms. The molecule has 1 rings (SSSR count). The van der Waals surface area contributed by atoms with Gasteiger partial charge in [-0.1, -0.05) is 20.8 Å². The van der Waals surface area contributed by atoms with E-state index in [-0.39, 0.29) is 5.41 Å². The highest BCUT2D eigenvalue weighted by molar-refractivity contribution is 4.91. The first-order valence-corrected chi connectivity index (χ1v) is 6.80. The van der Waals surface area contributed by atoms with Crippen LogP contribution in [0.4, 0.5) is 0 Å². The maximum absolute atomic E-state index is 4.37. The van der Waals surface area contributed by atoms with Crippen molar-refractivity contribution in [3.05, 3.63) is 18.2 Å². The highest BCUT2D eigenvalue weighted by atomic mass is 15.2. The maximum atomic E-state index is 4.37. The second kappa shape index (κ2) is 6.90. The van der Waals surface area contributed by atoms with E-state index >= 15 is 0 Å². The third-order valence-corrected chi connectivity index (χ3v) is 3.06. The molecule has 0 aromatic carbocycles. The van der Waals surface area contributed by atoms with Crippen molar-refractivity contribution < 1.29 is 0 Å². The van der Waals surface area contributed by atoms with Crippen molar-refractivity contribution in [2.24, 2.45) is 12.5 Å². The van der Waals surface area contributed by atoms with Gasteiger partial charge in [0.1, 0.15) is 5.82 Å². The van der Waals surface area contributed by atoms with Crippen molar-refractivity contribution in [3.63, 3.8) is 0 Å². The molecule has 104 valence electrons. The molecule has 0 saturated heterocycles. The third-order valence-electron chi connectivity index (χ3n) is 3.06. The average Bonchev–Trinajstić information content (AvgIpc) is 2.63. The van der Waals surface area contributed by atoms with E-state index < -0.39 is 0 Å². The van der Waals surface area contributed by atoms with Crippen LogP contribution in [-0.4, -0.2) is 41.1 Å². The van der Waals surface area contributed by atoms with Crippen LogP contribution in [0.5, 0.6) is 0 Å². The van der Waals surface area contributed by atoms with Crippen LogP contribution < -0.4 is 5.32 Å². The second-order valence-electron chi connectivity index (χ2n) is 5.97. The van der Waals surface area contributed by atoms with E-state index in [0.29, 0.717) is 0 Å². The Balaban J connectivity index is 2.38. The zero-order chi connectivity index (χ0) is 13.6. The van der Waals surface area contributed by atoms with Crippen LogP contribution in [0.25, 0.3) is 0 Å². The molecular formula is C14H28N4. The summed E-state index contributed by atoms with van der Waals surface area (Å²) in [6, 6.07) is 0. The normalized spacial score (nSPS) is 12.3. The monoisotopic (exact) mass is 252 g/mol. The van der Waals surface area contributed by atoms with Crippen LogP contribution in [0, 0.1) is 5.41 Å². The molecule has 4 nitrogen and oxygen atoms in total. The first-order chi connectivity index (χ1) is 8.44. The van der Waals surface area contributed by atoms with Crippen molar-refractivity contribution in [1.82, 2.24) is 19.8 Å². The Labute approximate surface area is 111 Å². The minimum absolute atomic E-state index is 0.287. The Bertz CT molecular complexity index is 343. The summed E-state index contributed by atoms with van der Waals surface area (Å²) in [5, 5.41) is 3.50. The molecule has 1 heterocycles. The van der Waals surface area contributed by atoms with Gasteiger partial charge in [0.05, 0.1) is 6.54 Å². The summed E-state index contributed by atoms with van der Waals surface area (Å²) in [6.07, 6.45) is 5.05. The molecule has 0 aliphatic heterocycles. The largest absolute Gasteiger partial charge is 0.337 e. The smallest absolute Gasteiger partial charge is 0.122 e. The first-order valence-electron chi connectivity index (χ1n) is 6.80. The van der Waals surface area contributed by atoms with Crippen LogP contribution in [-0.2, 0) is 13.6 Å². The van der Waals surface area contributed by atoms with Crippen molar-refractivity contribution in [2.75, 3.05) is 26.7 Å². The lowest BCUT2D eigenvalue weighted by Crippen LogP contribution is -2.39. The Hall–Kier alpha value is -0.870. The van der Waals surface area contributed by atoms with Gasteiger partial charge >= 0.3 is 0 Å². The highest BCUT2D eigenvalue weighted by Gasteiger charge is 2.20. The highest BCUT2D eigenvalue weighted by Crippen LogP contribution is 2.16. The molecule has 18 heavy (non-hydrogen) atoms. The van der Waals surface area contributed by atoms with Gasteiger partial charge in [-0.2, -0.15) is 0 Å². The molecule has 0 saturated carbocycles. The molecular weight excluding hydrogens is 224 g/mol. The second-order valence-corrected chi connectivity index (χ2v) is 5.97. The lowest BCUT2D eigenvalue weighted by molar-refractivity contribution is 0.194. The fraction of sp³-hybridized carbons (Fsp3) is 0.786. The number of nitrogens with zero attached hydrogens (tertiary/aromatic N) is 3. The summed E-state index contributed by atoms with van der Waals surface area (Å²) < 4.78 is 2.08. The molecule has 0 unspecified atom stereocenters. The molecule has 0 fully saturated rings. The fourth-order valence-electron chi connectivity index (χ4n) is 2.24. The molecule has 0 spiro atoms. The Morgan fingerprint density at radius 1 is 1.44 bits per heavy atom. The van der Waals surface area contributed by atoms with E-state index in [9.17, 15) is 0 Å². The summed E-state index contributed by atoms with van der Waals surface area (Å²) >= 11 is 0. The molecule has 1 aromatic heterocycles. The summed E-state index contributed by atoms with van der Waals surface area (Å²) in [7, 11) is 4.21. The lowest BCUT2D eigenvalue weighted by atomic mass is 9.92. The van der Waals surface area contributed by atoms with Crippen LogP contribution in [0.2, 0.25) is 0 Å². The standard InChI is InChI=1S/C14H28N4/c1-6-7-15-11-14(2,3)12-17(4)10-13-16-8-9-18(13)5/h8-9,15H,6-7,10-12H2,1-5H3. The van der Waals surface area contributed by atoms with Crippen LogP contribution >= 0.6 is 0 Å². The molecule has 0 aliphatic rings. The van der Waals surface area contributed by atoms with E-state index in [1.807, 2.05) is 19.4 Å². The van der Waals surface area contributed by atoms with Gasteiger partial charge < -0.3 is 9.88 Å². The quantitative estimate of drug-likeness (QED) is 0.717. The van der Waals surface area contributed by atoms with Crippen LogP contribution in [0.1, 0.15) is 33.0 Å². The number of nitrogens with one attached hydrogen (secondary N) is 1. The number of aryl methyl sites for hydroxylation is 1. The summed E-state index contributed by atoms with van der Waals surface area (Å²) in [5.74, 6) is 1.12. The number of hydrogen-bond donors (Lipinski definition) is 1. The molecule has 0 amide bonds. The zero-order valence-electron chi connectivity index (χ0n) is 12.5. The van der Waals surface area contributed by atoms with E-state index in [1.54, 1.807) is 0 Å². The number of aromatic nitrogens is 2. The maximum Gasteiger partial charge on any atom is 0.122 e. The van der Waals surface area contributed by atoms with Gasteiger partial charge in [0.15, 0.2) is 0 Å². The topological polar surface area (TPSA) is 33.1 Å². The van der Waals surface area contributed by atoms with Gasteiger partial charge in [-0.15, -0.1) is 0 Å². The predicted molar refractivity (Wildman–Crippen MR) is 76.5 cm³/mol. The van der Waals surface area contributed by atoms with Crippen molar-refractivity contribution in [3.8, 4) is 0 Å². The van der Waals surface area contributed by atoms with Crippen molar-refractivity contribution in [1.29, 1.82) is 0 Å². The van der Waals surface area contributed by atoms with Crippen LogP contribution in [0.15, 0.2) is 12.4 Å². The number of rotatable bonds is 8. The van der Waals surface area contributed by atoms with Gasteiger partial charge in [0.2, 0.25) is 0 Å². The minimum atomic E-state index is 0.287. The average molecular weight is 252 g/mol. The minimum Gasteiger partial charge on any atom is -0.337 e.